The van der Waals surface area contributed by atoms with Crippen LogP contribution in [-0.2, 0) is 6.42 Å². The van der Waals surface area contributed by atoms with E-state index in [1.165, 1.54) is 12.5 Å². The average molecular weight is 362 g/mol. The van der Waals surface area contributed by atoms with Gasteiger partial charge in [0.25, 0.3) is 0 Å². The molecule has 0 bridgehead atoms. The molecule has 112 valence electrons. The SMILES string of the molecule is CC(C)(C)C1CCC(Cl)C(Cc2cccc(F)c2Br)C1. The second-order valence-corrected chi connectivity index (χ2v) is 8.42. The summed E-state index contributed by atoms with van der Waals surface area (Å²) in [6.45, 7) is 6.92. The Bertz CT molecular complexity index is 467. The summed E-state index contributed by atoms with van der Waals surface area (Å²) in [4.78, 5) is 0. The molecule has 0 aliphatic heterocycles. The molecule has 2 rings (SSSR count). The summed E-state index contributed by atoms with van der Waals surface area (Å²) in [6, 6.07) is 5.27. The Morgan fingerprint density at radius 1 is 1.30 bits per heavy atom. The first kappa shape index (κ1) is 16.3. The molecule has 0 radical (unpaired) electrons. The quantitative estimate of drug-likeness (QED) is 0.550. The highest BCUT2D eigenvalue weighted by molar-refractivity contribution is 9.10. The summed E-state index contributed by atoms with van der Waals surface area (Å²) >= 11 is 9.89. The van der Waals surface area contributed by atoms with Crippen LogP contribution >= 0.6 is 27.5 Å². The van der Waals surface area contributed by atoms with Gasteiger partial charge in [-0.1, -0.05) is 32.9 Å². The topological polar surface area (TPSA) is 0 Å². The molecule has 0 N–H and O–H groups in total. The van der Waals surface area contributed by atoms with Crippen LogP contribution in [0.1, 0.15) is 45.6 Å². The van der Waals surface area contributed by atoms with Crippen molar-refractivity contribution in [2.75, 3.05) is 0 Å². The fourth-order valence-corrected chi connectivity index (χ4v) is 3.96. The van der Waals surface area contributed by atoms with Gasteiger partial charge in [0.2, 0.25) is 0 Å². The molecule has 0 heterocycles. The predicted molar refractivity (Wildman–Crippen MR) is 87.7 cm³/mol. The van der Waals surface area contributed by atoms with E-state index in [1.807, 2.05) is 6.07 Å². The van der Waals surface area contributed by atoms with Crippen LogP contribution in [0, 0.1) is 23.1 Å². The lowest BCUT2D eigenvalue weighted by Crippen LogP contribution is -2.33. The van der Waals surface area contributed by atoms with Gasteiger partial charge in [0.15, 0.2) is 0 Å². The van der Waals surface area contributed by atoms with E-state index in [9.17, 15) is 4.39 Å². The van der Waals surface area contributed by atoms with Crippen molar-refractivity contribution in [2.45, 2.75) is 51.8 Å². The standard InChI is InChI=1S/C17H23BrClF/c1-17(2,3)13-7-8-14(19)12(10-13)9-11-5-4-6-15(20)16(11)18/h4-6,12-14H,7-10H2,1-3H3. The van der Waals surface area contributed by atoms with Gasteiger partial charge in [0.05, 0.1) is 4.47 Å². The van der Waals surface area contributed by atoms with Gasteiger partial charge in [-0.25, -0.2) is 4.39 Å². The summed E-state index contributed by atoms with van der Waals surface area (Å²) in [5.74, 6) is 0.958. The van der Waals surface area contributed by atoms with Crippen molar-refractivity contribution in [3.05, 3.63) is 34.1 Å². The lowest BCUT2D eigenvalue weighted by Gasteiger charge is -2.40. The summed E-state index contributed by atoms with van der Waals surface area (Å²) in [7, 11) is 0. The van der Waals surface area contributed by atoms with Crippen molar-refractivity contribution >= 4 is 27.5 Å². The van der Waals surface area contributed by atoms with E-state index in [4.69, 9.17) is 11.6 Å². The Labute approximate surface area is 135 Å². The van der Waals surface area contributed by atoms with Gasteiger partial charge in [-0.05, 0) is 70.5 Å². The molecule has 1 aliphatic carbocycles. The Balaban J connectivity index is 2.12. The molecule has 0 spiro atoms. The van der Waals surface area contributed by atoms with Crippen molar-refractivity contribution in [3.8, 4) is 0 Å². The molecule has 1 aromatic rings. The number of rotatable bonds is 2. The van der Waals surface area contributed by atoms with Crippen molar-refractivity contribution in [1.29, 1.82) is 0 Å². The maximum Gasteiger partial charge on any atom is 0.137 e. The lowest BCUT2D eigenvalue weighted by atomic mass is 9.68. The van der Waals surface area contributed by atoms with Gasteiger partial charge >= 0.3 is 0 Å². The minimum atomic E-state index is -0.184. The van der Waals surface area contributed by atoms with Crippen molar-refractivity contribution in [2.24, 2.45) is 17.3 Å². The fourth-order valence-electron chi connectivity index (χ4n) is 3.21. The van der Waals surface area contributed by atoms with Gasteiger partial charge in [-0.3, -0.25) is 0 Å². The molecule has 1 aromatic carbocycles. The summed E-state index contributed by atoms with van der Waals surface area (Å²) < 4.78 is 14.2. The number of hydrogen-bond donors (Lipinski definition) is 0. The molecule has 1 aliphatic rings. The van der Waals surface area contributed by atoms with Gasteiger partial charge in [-0.15, -0.1) is 11.6 Å². The first-order valence-corrected chi connectivity index (χ1v) is 8.59. The maximum absolute atomic E-state index is 13.6. The monoisotopic (exact) mass is 360 g/mol. The second-order valence-electron chi connectivity index (χ2n) is 7.07. The van der Waals surface area contributed by atoms with E-state index >= 15 is 0 Å². The normalized spacial score (nSPS) is 27.6. The van der Waals surface area contributed by atoms with Crippen LogP contribution in [0.25, 0.3) is 0 Å². The van der Waals surface area contributed by atoms with E-state index in [0.717, 1.165) is 24.8 Å². The number of benzene rings is 1. The predicted octanol–water partition coefficient (Wildman–Crippen LogP) is 6.20. The van der Waals surface area contributed by atoms with E-state index in [2.05, 4.69) is 36.7 Å². The summed E-state index contributed by atoms with van der Waals surface area (Å²) in [6.07, 6.45) is 4.28. The van der Waals surface area contributed by atoms with E-state index in [0.29, 0.717) is 21.7 Å². The lowest BCUT2D eigenvalue weighted by molar-refractivity contribution is 0.144. The van der Waals surface area contributed by atoms with E-state index in [-0.39, 0.29) is 11.2 Å². The fraction of sp³-hybridized carbons (Fsp3) is 0.647. The highest BCUT2D eigenvalue weighted by Crippen LogP contribution is 2.43. The third-order valence-corrected chi connectivity index (χ3v) is 6.09. The van der Waals surface area contributed by atoms with Crippen molar-refractivity contribution < 1.29 is 4.39 Å². The van der Waals surface area contributed by atoms with Crippen LogP contribution in [0.2, 0.25) is 0 Å². The van der Waals surface area contributed by atoms with E-state index < -0.39 is 0 Å². The third-order valence-electron chi connectivity index (χ3n) is 4.63. The molecular weight excluding hydrogens is 339 g/mol. The van der Waals surface area contributed by atoms with Gasteiger partial charge in [0.1, 0.15) is 5.82 Å². The Morgan fingerprint density at radius 2 is 2.00 bits per heavy atom. The largest absolute Gasteiger partial charge is 0.206 e. The zero-order chi connectivity index (χ0) is 14.9. The second kappa shape index (κ2) is 6.36. The zero-order valence-corrected chi connectivity index (χ0v) is 14.8. The molecule has 0 nitrogen and oxygen atoms in total. The zero-order valence-electron chi connectivity index (χ0n) is 12.4. The first-order chi connectivity index (χ1) is 9.29. The van der Waals surface area contributed by atoms with Crippen LogP contribution in [-0.4, -0.2) is 5.38 Å². The molecule has 0 saturated heterocycles. The van der Waals surface area contributed by atoms with Crippen LogP contribution in [0.3, 0.4) is 0 Å². The van der Waals surface area contributed by atoms with Crippen molar-refractivity contribution in [3.63, 3.8) is 0 Å². The number of alkyl halides is 1. The molecule has 0 amide bonds. The third kappa shape index (κ3) is 3.76. The van der Waals surface area contributed by atoms with E-state index in [1.54, 1.807) is 6.07 Å². The molecule has 1 saturated carbocycles. The molecule has 0 aromatic heterocycles. The Morgan fingerprint density at radius 3 is 2.65 bits per heavy atom. The van der Waals surface area contributed by atoms with Gasteiger partial charge < -0.3 is 0 Å². The van der Waals surface area contributed by atoms with Gasteiger partial charge in [0, 0.05) is 5.38 Å². The maximum atomic E-state index is 13.6. The first-order valence-electron chi connectivity index (χ1n) is 7.36. The summed E-state index contributed by atoms with van der Waals surface area (Å²) in [5.41, 5.74) is 1.37. The van der Waals surface area contributed by atoms with Crippen LogP contribution in [0.5, 0.6) is 0 Å². The van der Waals surface area contributed by atoms with Crippen LogP contribution in [0.4, 0.5) is 4.39 Å². The molecule has 20 heavy (non-hydrogen) atoms. The molecule has 1 fully saturated rings. The molecule has 3 atom stereocenters. The highest BCUT2D eigenvalue weighted by Gasteiger charge is 2.35. The van der Waals surface area contributed by atoms with Crippen LogP contribution in [0.15, 0.2) is 22.7 Å². The molecule has 3 unspecified atom stereocenters. The average Bonchev–Trinajstić information content (AvgIpc) is 2.36. The number of hydrogen-bond acceptors (Lipinski definition) is 0. The Kier molecular flexibility index (Phi) is 5.18. The highest BCUT2D eigenvalue weighted by atomic mass is 79.9. The van der Waals surface area contributed by atoms with Crippen LogP contribution < -0.4 is 0 Å². The molecule has 3 heteroatoms. The smallest absolute Gasteiger partial charge is 0.137 e. The van der Waals surface area contributed by atoms with Gasteiger partial charge in [-0.2, -0.15) is 0 Å². The Hall–Kier alpha value is -0.0800. The molecular formula is C17H23BrClF. The minimum Gasteiger partial charge on any atom is -0.206 e. The minimum absolute atomic E-state index is 0.184. The summed E-state index contributed by atoms with van der Waals surface area (Å²) in [5, 5.41) is 0.212. The van der Waals surface area contributed by atoms with Crippen molar-refractivity contribution in [1.82, 2.24) is 0 Å². The number of halogens is 3.